The minimum absolute atomic E-state index is 1.08. The van der Waals surface area contributed by atoms with Crippen molar-refractivity contribution in [1.29, 1.82) is 0 Å². The molecule has 0 aliphatic rings. The lowest BCUT2D eigenvalue weighted by molar-refractivity contribution is 1.20. The predicted octanol–water partition coefficient (Wildman–Crippen LogP) is 17.9. The highest BCUT2D eigenvalue weighted by Gasteiger charge is 2.25. The highest BCUT2D eigenvalue weighted by atomic mass is 15.1. The number of nitrogens with zero attached hydrogens (tertiary/aromatic N) is 2. The van der Waals surface area contributed by atoms with Crippen LogP contribution in [0.4, 0.5) is 17.1 Å². The molecule has 1 heterocycles. The van der Waals surface area contributed by atoms with Crippen LogP contribution in [0.2, 0.25) is 0 Å². The second-order valence-corrected chi connectivity index (χ2v) is 17.2. The van der Waals surface area contributed by atoms with Gasteiger partial charge in [-0.05, 0) is 91.3 Å². The second kappa shape index (κ2) is 15.5. The first-order chi connectivity index (χ1) is 32.8. The molecule has 1 aromatic heterocycles. The Morgan fingerprint density at radius 1 is 0.288 bits per heavy atom. The Morgan fingerprint density at radius 3 is 1.35 bits per heavy atom. The molecule has 0 spiro atoms. The SMILES string of the molecule is c1ccc(-c2c3ccccc3c(N(c3ccc(-c4cccc5cccc(-c6ccccc6)c45)cc3)c3cccc4c(-n5c6ccccc6c6ccccc65)cccc34)c3ccccc23)cc1. The molecule has 308 valence electrons. The zero-order chi connectivity index (χ0) is 43.6. The summed E-state index contributed by atoms with van der Waals surface area (Å²) in [5.74, 6) is 0. The number of anilines is 3. The fraction of sp³-hybridized carbons (Fsp3) is 0. The van der Waals surface area contributed by atoms with E-state index in [9.17, 15) is 0 Å². The van der Waals surface area contributed by atoms with E-state index in [2.05, 4.69) is 264 Å². The average molecular weight is 839 g/mol. The molecule has 2 heteroatoms. The monoisotopic (exact) mass is 838 g/mol. The van der Waals surface area contributed by atoms with E-state index in [1.165, 1.54) is 98.3 Å². The van der Waals surface area contributed by atoms with Crippen LogP contribution in [-0.4, -0.2) is 4.57 Å². The molecule has 0 N–H and O–H groups in total. The predicted molar refractivity (Wildman–Crippen MR) is 282 cm³/mol. The Bertz CT molecular complexity index is 3860. The van der Waals surface area contributed by atoms with Gasteiger partial charge < -0.3 is 9.47 Å². The highest BCUT2D eigenvalue weighted by Crippen LogP contribution is 2.50. The fourth-order valence-electron chi connectivity index (χ4n) is 10.7. The molecule has 0 aliphatic heterocycles. The third kappa shape index (κ3) is 5.96. The van der Waals surface area contributed by atoms with E-state index >= 15 is 0 Å². The van der Waals surface area contributed by atoms with Crippen LogP contribution in [-0.2, 0) is 0 Å². The molecule has 2 nitrogen and oxygen atoms in total. The average Bonchev–Trinajstić information content (AvgIpc) is 3.73. The maximum Gasteiger partial charge on any atom is 0.0619 e. The lowest BCUT2D eigenvalue weighted by Crippen LogP contribution is -2.12. The van der Waals surface area contributed by atoms with Crippen LogP contribution in [0, 0.1) is 0 Å². The van der Waals surface area contributed by atoms with E-state index in [0.29, 0.717) is 0 Å². The topological polar surface area (TPSA) is 8.17 Å². The first-order valence-corrected chi connectivity index (χ1v) is 22.8. The van der Waals surface area contributed by atoms with Crippen molar-refractivity contribution in [2.75, 3.05) is 4.90 Å². The van der Waals surface area contributed by atoms with Crippen molar-refractivity contribution in [3.05, 3.63) is 255 Å². The molecule has 0 atom stereocenters. The van der Waals surface area contributed by atoms with Crippen molar-refractivity contribution in [3.63, 3.8) is 0 Å². The van der Waals surface area contributed by atoms with E-state index in [0.717, 1.165) is 22.7 Å². The number of aromatic nitrogens is 1. The van der Waals surface area contributed by atoms with Gasteiger partial charge in [-0.25, -0.2) is 0 Å². The molecule has 0 saturated heterocycles. The lowest BCUT2D eigenvalue weighted by Gasteiger charge is -2.31. The van der Waals surface area contributed by atoms with Gasteiger partial charge in [-0.1, -0.05) is 218 Å². The van der Waals surface area contributed by atoms with E-state index in [-0.39, 0.29) is 0 Å². The van der Waals surface area contributed by atoms with Crippen LogP contribution in [0.15, 0.2) is 255 Å². The maximum absolute atomic E-state index is 2.53. The van der Waals surface area contributed by atoms with Crippen LogP contribution < -0.4 is 4.90 Å². The molecule has 0 aliphatic carbocycles. The molecule has 0 fully saturated rings. The first kappa shape index (κ1) is 37.8. The molecule has 66 heavy (non-hydrogen) atoms. The standard InChI is InChI=1S/C64H42N2/c1-3-19-43(20-4-1)48-31-15-23-46-24-16-32-49(62(46)48)44-39-41-47(42-40-44)65(64-56-29-9-7-27-54(56)63(45-21-5-2-6-22-45)55-28-8-10-30-57(55)64)58-37-17-34-53-52(58)33-18-38-61(53)66-59-35-13-11-25-50(59)51-26-12-14-36-60(51)66/h1-42H. The number of fused-ring (bicyclic) bond motifs is 7. The van der Waals surface area contributed by atoms with Crippen molar-refractivity contribution in [1.82, 2.24) is 4.57 Å². The number of para-hydroxylation sites is 2. The third-order valence-electron chi connectivity index (χ3n) is 13.6. The normalized spacial score (nSPS) is 11.6. The van der Waals surface area contributed by atoms with E-state index in [1.807, 2.05) is 0 Å². The van der Waals surface area contributed by atoms with Gasteiger partial charge in [0, 0.05) is 38.0 Å². The Hall–Kier alpha value is -8.72. The highest BCUT2D eigenvalue weighted by molar-refractivity contribution is 6.23. The molecule has 0 unspecified atom stereocenters. The summed E-state index contributed by atoms with van der Waals surface area (Å²) in [4.78, 5) is 2.53. The summed E-state index contributed by atoms with van der Waals surface area (Å²) >= 11 is 0. The summed E-state index contributed by atoms with van der Waals surface area (Å²) < 4.78 is 2.45. The summed E-state index contributed by atoms with van der Waals surface area (Å²) in [6.07, 6.45) is 0. The van der Waals surface area contributed by atoms with Gasteiger partial charge in [0.2, 0.25) is 0 Å². The number of hydrogen-bond donors (Lipinski definition) is 0. The minimum Gasteiger partial charge on any atom is -0.309 e. The van der Waals surface area contributed by atoms with Gasteiger partial charge in [0.15, 0.2) is 0 Å². The molecule has 0 radical (unpaired) electrons. The molecule has 12 aromatic carbocycles. The number of benzene rings is 12. The summed E-state index contributed by atoms with van der Waals surface area (Å²) in [7, 11) is 0. The van der Waals surface area contributed by atoms with E-state index < -0.39 is 0 Å². The zero-order valence-corrected chi connectivity index (χ0v) is 36.1. The summed E-state index contributed by atoms with van der Waals surface area (Å²) in [5.41, 5.74) is 14.2. The Labute approximate surface area is 383 Å². The van der Waals surface area contributed by atoms with Crippen LogP contribution in [0.3, 0.4) is 0 Å². The number of rotatable bonds is 7. The fourth-order valence-corrected chi connectivity index (χ4v) is 10.7. The molecule has 13 rings (SSSR count). The van der Waals surface area contributed by atoms with Gasteiger partial charge >= 0.3 is 0 Å². The minimum atomic E-state index is 1.08. The molecule has 13 aromatic rings. The number of hydrogen-bond acceptors (Lipinski definition) is 1. The van der Waals surface area contributed by atoms with Crippen molar-refractivity contribution >= 4 is 82.0 Å². The van der Waals surface area contributed by atoms with Crippen molar-refractivity contribution in [3.8, 4) is 39.1 Å². The van der Waals surface area contributed by atoms with Crippen molar-refractivity contribution < 1.29 is 0 Å². The van der Waals surface area contributed by atoms with E-state index in [4.69, 9.17) is 0 Å². The zero-order valence-electron chi connectivity index (χ0n) is 36.1. The lowest BCUT2D eigenvalue weighted by atomic mass is 9.89. The molecule has 0 saturated carbocycles. The second-order valence-electron chi connectivity index (χ2n) is 17.2. The van der Waals surface area contributed by atoms with E-state index in [1.54, 1.807) is 0 Å². The van der Waals surface area contributed by atoms with Crippen LogP contribution in [0.25, 0.3) is 104 Å². The third-order valence-corrected chi connectivity index (χ3v) is 13.6. The molecular formula is C64H42N2. The quantitative estimate of drug-likeness (QED) is 0.145. The van der Waals surface area contributed by atoms with Crippen LogP contribution in [0.1, 0.15) is 0 Å². The van der Waals surface area contributed by atoms with Gasteiger partial charge in [-0.3, -0.25) is 0 Å². The molecule has 0 amide bonds. The summed E-state index contributed by atoms with van der Waals surface area (Å²) in [5, 5.41) is 12.2. The van der Waals surface area contributed by atoms with Gasteiger partial charge in [-0.2, -0.15) is 0 Å². The summed E-state index contributed by atoms with van der Waals surface area (Å²) in [6, 6.07) is 93.3. The maximum atomic E-state index is 2.53. The Morgan fingerprint density at radius 2 is 0.742 bits per heavy atom. The Balaban J connectivity index is 1.09. The van der Waals surface area contributed by atoms with Gasteiger partial charge in [0.1, 0.15) is 0 Å². The smallest absolute Gasteiger partial charge is 0.0619 e. The van der Waals surface area contributed by atoms with Crippen LogP contribution in [0.5, 0.6) is 0 Å². The first-order valence-electron chi connectivity index (χ1n) is 22.8. The molecular weight excluding hydrogens is 797 g/mol. The van der Waals surface area contributed by atoms with Crippen LogP contribution >= 0.6 is 0 Å². The van der Waals surface area contributed by atoms with Crippen molar-refractivity contribution in [2.24, 2.45) is 0 Å². The Kier molecular flexibility index (Phi) is 8.89. The molecule has 0 bridgehead atoms. The summed E-state index contributed by atoms with van der Waals surface area (Å²) in [6.45, 7) is 0. The van der Waals surface area contributed by atoms with Crippen molar-refractivity contribution in [2.45, 2.75) is 0 Å². The van der Waals surface area contributed by atoms with Gasteiger partial charge in [0.25, 0.3) is 0 Å². The van der Waals surface area contributed by atoms with Gasteiger partial charge in [-0.15, -0.1) is 0 Å². The largest absolute Gasteiger partial charge is 0.309 e. The van der Waals surface area contributed by atoms with Gasteiger partial charge in [0.05, 0.1) is 28.1 Å².